The number of nitrogens with zero attached hydrogens (tertiary/aromatic N) is 2. The van der Waals surface area contributed by atoms with Gasteiger partial charge in [0.1, 0.15) is 0 Å². The van der Waals surface area contributed by atoms with Crippen LogP contribution in [0.2, 0.25) is 0 Å². The van der Waals surface area contributed by atoms with Crippen LogP contribution in [-0.2, 0) is 4.79 Å². The second-order valence-corrected chi connectivity index (χ2v) is 6.18. The summed E-state index contributed by atoms with van der Waals surface area (Å²) in [5, 5.41) is 4.00. The van der Waals surface area contributed by atoms with E-state index in [1.165, 1.54) is 12.2 Å². The van der Waals surface area contributed by atoms with Gasteiger partial charge in [-0.3, -0.25) is 9.69 Å². The van der Waals surface area contributed by atoms with Crippen LogP contribution in [-0.4, -0.2) is 72.5 Å². The van der Waals surface area contributed by atoms with Crippen molar-refractivity contribution in [2.45, 2.75) is 18.6 Å². The quantitative estimate of drug-likeness (QED) is 0.786. The highest BCUT2D eigenvalue weighted by atomic mass is 32.2. The van der Waals surface area contributed by atoms with E-state index < -0.39 is 0 Å². The first kappa shape index (κ1) is 13.2. The summed E-state index contributed by atoms with van der Waals surface area (Å²) >= 11 is 2.05. The van der Waals surface area contributed by atoms with Crippen LogP contribution in [0.4, 0.5) is 0 Å². The zero-order chi connectivity index (χ0) is 12.1. The smallest absolute Gasteiger partial charge is 0.236 e. The van der Waals surface area contributed by atoms with Crippen molar-refractivity contribution >= 4 is 17.7 Å². The minimum absolute atomic E-state index is 0.313. The van der Waals surface area contributed by atoms with E-state index in [0.717, 1.165) is 44.5 Å². The first-order chi connectivity index (χ1) is 8.29. The number of carbonyl (C=O) groups is 1. The van der Waals surface area contributed by atoms with Crippen molar-refractivity contribution in [3.63, 3.8) is 0 Å². The predicted molar refractivity (Wildman–Crippen MR) is 72.4 cm³/mol. The minimum Gasteiger partial charge on any atom is -0.339 e. The Morgan fingerprint density at radius 3 is 2.82 bits per heavy atom. The molecular formula is C12H23N3OS. The van der Waals surface area contributed by atoms with Crippen molar-refractivity contribution < 1.29 is 4.79 Å². The van der Waals surface area contributed by atoms with Gasteiger partial charge in [-0.05, 0) is 6.42 Å². The molecule has 17 heavy (non-hydrogen) atoms. The van der Waals surface area contributed by atoms with Gasteiger partial charge in [0.15, 0.2) is 0 Å². The summed E-state index contributed by atoms with van der Waals surface area (Å²) in [5.74, 6) is 1.49. The third kappa shape index (κ3) is 3.86. The molecule has 0 bridgehead atoms. The van der Waals surface area contributed by atoms with E-state index in [4.69, 9.17) is 0 Å². The number of hydrogen-bond acceptors (Lipinski definition) is 4. The highest BCUT2D eigenvalue weighted by Crippen LogP contribution is 2.20. The Hall–Kier alpha value is -0.260. The van der Waals surface area contributed by atoms with Crippen LogP contribution >= 0.6 is 11.8 Å². The average molecular weight is 257 g/mol. The normalized spacial score (nSPS) is 27.1. The Kier molecular flexibility index (Phi) is 5.13. The molecular weight excluding hydrogens is 234 g/mol. The van der Waals surface area contributed by atoms with Gasteiger partial charge in [0, 0.05) is 50.3 Å². The van der Waals surface area contributed by atoms with Gasteiger partial charge in [-0.25, -0.2) is 0 Å². The second kappa shape index (κ2) is 6.61. The molecule has 1 amide bonds. The number of rotatable bonds is 3. The molecule has 2 aliphatic rings. The first-order valence-corrected chi connectivity index (χ1v) is 7.67. The zero-order valence-corrected chi connectivity index (χ0v) is 11.5. The van der Waals surface area contributed by atoms with E-state index in [1.54, 1.807) is 0 Å². The molecule has 0 aliphatic carbocycles. The van der Waals surface area contributed by atoms with Gasteiger partial charge >= 0.3 is 0 Å². The minimum atomic E-state index is 0.313. The molecule has 1 unspecified atom stereocenters. The first-order valence-electron chi connectivity index (χ1n) is 6.62. The van der Waals surface area contributed by atoms with Crippen LogP contribution in [0.3, 0.4) is 0 Å². The molecule has 0 spiro atoms. The van der Waals surface area contributed by atoms with E-state index in [0.29, 0.717) is 12.5 Å². The van der Waals surface area contributed by atoms with Crippen molar-refractivity contribution in [2.24, 2.45) is 0 Å². The van der Waals surface area contributed by atoms with Gasteiger partial charge in [0.2, 0.25) is 5.91 Å². The molecule has 2 rings (SSSR count). The molecule has 2 saturated heterocycles. The molecule has 0 aromatic carbocycles. The Labute approximate surface area is 108 Å². The van der Waals surface area contributed by atoms with Gasteiger partial charge in [-0.15, -0.1) is 0 Å². The van der Waals surface area contributed by atoms with Crippen LogP contribution in [0, 0.1) is 0 Å². The van der Waals surface area contributed by atoms with E-state index in [-0.39, 0.29) is 0 Å². The summed E-state index contributed by atoms with van der Waals surface area (Å²) in [6.07, 6.45) is 1.21. The molecule has 2 fully saturated rings. The molecule has 5 heteroatoms. The lowest BCUT2D eigenvalue weighted by molar-refractivity contribution is -0.133. The lowest BCUT2D eigenvalue weighted by Gasteiger charge is -2.34. The predicted octanol–water partition coefficient (Wildman–Crippen LogP) is 0.246. The van der Waals surface area contributed by atoms with E-state index in [2.05, 4.69) is 28.9 Å². The summed E-state index contributed by atoms with van der Waals surface area (Å²) in [4.78, 5) is 16.4. The second-order valence-electron chi connectivity index (χ2n) is 4.77. The van der Waals surface area contributed by atoms with Gasteiger partial charge in [-0.1, -0.05) is 6.92 Å². The molecule has 0 aromatic heterocycles. The summed E-state index contributed by atoms with van der Waals surface area (Å²) < 4.78 is 0. The fourth-order valence-corrected chi connectivity index (χ4v) is 3.63. The Balaban J connectivity index is 1.77. The van der Waals surface area contributed by atoms with Gasteiger partial charge in [0.25, 0.3) is 0 Å². The van der Waals surface area contributed by atoms with Crippen LogP contribution in [0.5, 0.6) is 0 Å². The van der Waals surface area contributed by atoms with Crippen molar-refractivity contribution in [1.29, 1.82) is 0 Å². The lowest BCUT2D eigenvalue weighted by Crippen LogP contribution is -2.51. The number of amides is 1. The van der Waals surface area contributed by atoms with Crippen LogP contribution < -0.4 is 5.32 Å². The number of piperazine rings is 1. The van der Waals surface area contributed by atoms with E-state index in [1.807, 2.05) is 4.90 Å². The SMILES string of the molecule is CCC1CN(CC(=O)N2CCNCC2)CCS1. The molecule has 2 aliphatic heterocycles. The average Bonchev–Trinajstić information content (AvgIpc) is 2.40. The Morgan fingerprint density at radius 1 is 1.35 bits per heavy atom. The van der Waals surface area contributed by atoms with Gasteiger partial charge in [-0.2, -0.15) is 11.8 Å². The fourth-order valence-electron chi connectivity index (χ4n) is 2.38. The highest BCUT2D eigenvalue weighted by Gasteiger charge is 2.23. The van der Waals surface area contributed by atoms with Crippen molar-refractivity contribution in [3.8, 4) is 0 Å². The summed E-state index contributed by atoms with van der Waals surface area (Å²) in [6.45, 7) is 8.64. The summed E-state index contributed by atoms with van der Waals surface area (Å²) in [5.41, 5.74) is 0. The van der Waals surface area contributed by atoms with Gasteiger partial charge < -0.3 is 10.2 Å². The Bertz CT molecular complexity index is 256. The van der Waals surface area contributed by atoms with E-state index in [9.17, 15) is 4.79 Å². The maximum absolute atomic E-state index is 12.1. The summed E-state index contributed by atoms with van der Waals surface area (Å²) in [7, 11) is 0. The molecule has 0 radical (unpaired) electrons. The fraction of sp³-hybridized carbons (Fsp3) is 0.917. The van der Waals surface area contributed by atoms with Crippen LogP contribution in [0.15, 0.2) is 0 Å². The number of carbonyl (C=O) groups excluding carboxylic acids is 1. The summed E-state index contributed by atoms with van der Waals surface area (Å²) in [6, 6.07) is 0. The molecule has 1 N–H and O–H groups in total. The zero-order valence-electron chi connectivity index (χ0n) is 10.7. The number of thioether (sulfide) groups is 1. The number of hydrogen-bond donors (Lipinski definition) is 1. The van der Waals surface area contributed by atoms with Crippen molar-refractivity contribution in [1.82, 2.24) is 15.1 Å². The third-order valence-electron chi connectivity index (χ3n) is 3.51. The maximum Gasteiger partial charge on any atom is 0.236 e. The highest BCUT2D eigenvalue weighted by molar-refractivity contribution is 8.00. The monoisotopic (exact) mass is 257 g/mol. The molecule has 2 heterocycles. The molecule has 98 valence electrons. The molecule has 4 nitrogen and oxygen atoms in total. The molecule has 0 aromatic rings. The maximum atomic E-state index is 12.1. The molecule has 1 atom stereocenters. The van der Waals surface area contributed by atoms with Gasteiger partial charge in [0.05, 0.1) is 6.54 Å². The van der Waals surface area contributed by atoms with Crippen LogP contribution in [0.25, 0.3) is 0 Å². The van der Waals surface area contributed by atoms with Crippen LogP contribution in [0.1, 0.15) is 13.3 Å². The Morgan fingerprint density at radius 2 is 2.12 bits per heavy atom. The van der Waals surface area contributed by atoms with E-state index >= 15 is 0 Å². The largest absolute Gasteiger partial charge is 0.339 e. The molecule has 0 saturated carbocycles. The lowest BCUT2D eigenvalue weighted by atomic mass is 10.3. The third-order valence-corrected chi connectivity index (χ3v) is 4.88. The van der Waals surface area contributed by atoms with Crippen molar-refractivity contribution in [3.05, 3.63) is 0 Å². The number of nitrogens with one attached hydrogen (secondary N) is 1. The van der Waals surface area contributed by atoms with Crippen molar-refractivity contribution in [2.75, 3.05) is 51.6 Å². The standard InChI is InChI=1S/C12H23N3OS/c1-2-11-9-14(7-8-17-11)10-12(16)15-5-3-13-4-6-15/h11,13H,2-10H2,1H3. The topological polar surface area (TPSA) is 35.6 Å².